The fraction of sp³-hybridized carbons (Fsp3) is 0.545. The summed E-state index contributed by atoms with van der Waals surface area (Å²) in [6.45, 7) is 5.18. The quantitative estimate of drug-likeness (QED) is 0.662. The normalized spacial score (nSPS) is 23.4. The molecule has 3 aliphatic rings. The van der Waals surface area contributed by atoms with E-state index in [2.05, 4.69) is 15.5 Å². The van der Waals surface area contributed by atoms with Crippen molar-refractivity contribution in [1.82, 2.24) is 15.5 Å². The van der Waals surface area contributed by atoms with Crippen LogP contribution in [0.3, 0.4) is 0 Å². The fourth-order valence-electron chi connectivity index (χ4n) is 4.32. The van der Waals surface area contributed by atoms with Crippen LogP contribution in [0.1, 0.15) is 31.4 Å². The third-order valence-corrected chi connectivity index (χ3v) is 5.89. The number of urea groups is 1. The molecule has 1 aromatic carbocycles. The van der Waals surface area contributed by atoms with Crippen molar-refractivity contribution in [1.29, 1.82) is 0 Å². The Morgan fingerprint density at radius 1 is 1.26 bits per heavy atom. The first-order valence-electron chi connectivity index (χ1n) is 10.7. The van der Waals surface area contributed by atoms with E-state index in [4.69, 9.17) is 18.9 Å². The standard InChI is InChI=1S/C22H29N3O6/c1-3-29-20(26)18-17(14-25-9-7-22(8-10-25)30-11-12-31-22)23-21(27)24-19(18)15-5-4-6-16(13-15)28-2/h4-6,13,19H,3,7-12,14H2,1-2H3,(H2,23,24,27)/t19-/m1/s1. The van der Waals surface area contributed by atoms with Crippen molar-refractivity contribution >= 4 is 12.0 Å². The first kappa shape index (κ1) is 21.6. The molecule has 0 aliphatic carbocycles. The number of rotatable bonds is 6. The highest BCUT2D eigenvalue weighted by Gasteiger charge is 2.41. The Hall–Kier alpha value is -2.62. The van der Waals surface area contributed by atoms with Gasteiger partial charge in [-0.1, -0.05) is 12.1 Å². The third-order valence-electron chi connectivity index (χ3n) is 5.89. The molecule has 0 aromatic heterocycles. The van der Waals surface area contributed by atoms with E-state index in [1.54, 1.807) is 14.0 Å². The number of piperidine rings is 1. The molecule has 2 saturated heterocycles. The molecule has 168 valence electrons. The number of methoxy groups -OCH3 is 1. The van der Waals surface area contributed by atoms with Crippen LogP contribution in [0, 0.1) is 0 Å². The molecule has 1 atom stereocenters. The Bertz CT molecular complexity index is 855. The van der Waals surface area contributed by atoms with Crippen molar-refractivity contribution in [3.63, 3.8) is 0 Å². The summed E-state index contributed by atoms with van der Waals surface area (Å²) in [5.41, 5.74) is 1.71. The number of esters is 1. The molecule has 3 aliphatic heterocycles. The van der Waals surface area contributed by atoms with E-state index in [9.17, 15) is 9.59 Å². The zero-order chi connectivity index (χ0) is 21.8. The second kappa shape index (κ2) is 9.25. The SMILES string of the molecule is CCOC(=O)C1=C(CN2CCC3(CC2)OCCO3)NC(=O)N[C@@H]1c1cccc(OC)c1. The molecule has 0 radical (unpaired) electrons. The zero-order valence-electron chi connectivity index (χ0n) is 17.9. The first-order chi connectivity index (χ1) is 15.0. The second-order valence-corrected chi connectivity index (χ2v) is 7.80. The molecule has 0 unspecified atom stereocenters. The molecule has 0 bridgehead atoms. The number of ether oxygens (including phenoxy) is 4. The average molecular weight is 431 g/mol. The molecular weight excluding hydrogens is 402 g/mol. The van der Waals surface area contributed by atoms with Gasteiger partial charge in [-0.15, -0.1) is 0 Å². The van der Waals surface area contributed by atoms with Crippen LogP contribution >= 0.6 is 0 Å². The molecule has 1 aromatic rings. The first-order valence-corrected chi connectivity index (χ1v) is 10.7. The van der Waals surface area contributed by atoms with Gasteiger partial charge < -0.3 is 29.6 Å². The number of nitrogens with zero attached hydrogens (tertiary/aromatic N) is 1. The molecule has 0 saturated carbocycles. The molecule has 31 heavy (non-hydrogen) atoms. The van der Waals surface area contributed by atoms with Crippen molar-refractivity contribution in [3.8, 4) is 5.75 Å². The highest BCUT2D eigenvalue weighted by atomic mass is 16.7. The minimum Gasteiger partial charge on any atom is -0.497 e. The monoisotopic (exact) mass is 431 g/mol. The van der Waals surface area contributed by atoms with Gasteiger partial charge in [-0.05, 0) is 24.6 Å². The summed E-state index contributed by atoms with van der Waals surface area (Å²) in [6.07, 6.45) is 1.50. The summed E-state index contributed by atoms with van der Waals surface area (Å²) >= 11 is 0. The van der Waals surface area contributed by atoms with Crippen molar-refractivity contribution in [2.45, 2.75) is 31.6 Å². The van der Waals surface area contributed by atoms with Crippen molar-refractivity contribution in [3.05, 3.63) is 41.1 Å². The maximum absolute atomic E-state index is 12.9. The van der Waals surface area contributed by atoms with Gasteiger partial charge in [-0.25, -0.2) is 9.59 Å². The van der Waals surface area contributed by atoms with Crippen LogP contribution in [0.5, 0.6) is 5.75 Å². The number of carbonyl (C=O) groups is 2. The summed E-state index contributed by atoms with van der Waals surface area (Å²) < 4.78 is 22.3. The Kier molecular flexibility index (Phi) is 6.45. The van der Waals surface area contributed by atoms with E-state index in [0.29, 0.717) is 36.8 Å². The predicted molar refractivity (Wildman–Crippen MR) is 111 cm³/mol. The van der Waals surface area contributed by atoms with E-state index in [1.165, 1.54) is 0 Å². The molecule has 4 rings (SSSR count). The van der Waals surface area contributed by atoms with Gasteiger partial charge in [-0.2, -0.15) is 0 Å². The number of hydrogen-bond donors (Lipinski definition) is 2. The molecule has 9 nitrogen and oxygen atoms in total. The third kappa shape index (κ3) is 4.68. The summed E-state index contributed by atoms with van der Waals surface area (Å²) in [7, 11) is 1.58. The lowest BCUT2D eigenvalue weighted by Crippen LogP contribution is -2.51. The van der Waals surface area contributed by atoms with Crippen LogP contribution in [0.2, 0.25) is 0 Å². The van der Waals surface area contributed by atoms with E-state index < -0.39 is 17.8 Å². The van der Waals surface area contributed by atoms with Crippen LogP contribution < -0.4 is 15.4 Å². The van der Waals surface area contributed by atoms with Crippen LogP contribution in [0.25, 0.3) is 0 Å². The summed E-state index contributed by atoms with van der Waals surface area (Å²) in [5.74, 6) is -0.281. The van der Waals surface area contributed by atoms with Crippen LogP contribution in [0.15, 0.2) is 35.5 Å². The molecule has 2 amide bonds. The van der Waals surface area contributed by atoms with Gasteiger partial charge in [-0.3, -0.25) is 4.90 Å². The van der Waals surface area contributed by atoms with E-state index >= 15 is 0 Å². The number of hydrogen-bond acceptors (Lipinski definition) is 7. The average Bonchev–Trinajstić information content (AvgIpc) is 3.23. The van der Waals surface area contributed by atoms with Crippen LogP contribution in [0.4, 0.5) is 4.79 Å². The Labute approximate surface area is 181 Å². The second-order valence-electron chi connectivity index (χ2n) is 7.80. The van der Waals surface area contributed by atoms with Crippen molar-refractivity contribution in [2.24, 2.45) is 0 Å². The number of likely N-dealkylation sites (tertiary alicyclic amines) is 1. The highest BCUT2D eigenvalue weighted by Crippen LogP contribution is 2.33. The van der Waals surface area contributed by atoms with Gasteiger partial charge >= 0.3 is 12.0 Å². The maximum Gasteiger partial charge on any atom is 0.338 e. The van der Waals surface area contributed by atoms with Gasteiger partial charge in [0.15, 0.2) is 5.79 Å². The van der Waals surface area contributed by atoms with Gasteiger partial charge in [0.05, 0.1) is 38.5 Å². The number of benzene rings is 1. The molecule has 1 spiro atoms. The number of carbonyl (C=O) groups excluding carboxylic acids is 2. The Morgan fingerprint density at radius 2 is 2.00 bits per heavy atom. The van der Waals surface area contributed by atoms with Gasteiger partial charge in [0.2, 0.25) is 0 Å². The highest BCUT2D eigenvalue weighted by molar-refractivity contribution is 5.95. The van der Waals surface area contributed by atoms with E-state index in [0.717, 1.165) is 31.5 Å². The lowest BCUT2D eigenvalue weighted by molar-refractivity contribution is -0.184. The summed E-state index contributed by atoms with van der Waals surface area (Å²) in [5, 5.41) is 5.69. The van der Waals surface area contributed by atoms with Crippen LogP contribution in [-0.2, 0) is 19.0 Å². The van der Waals surface area contributed by atoms with Gasteiger partial charge in [0.1, 0.15) is 5.75 Å². The molecular formula is C22H29N3O6. The molecule has 9 heteroatoms. The zero-order valence-corrected chi connectivity index (χ0v) is 17.9. The fourth-order valence-corrected chi connectivity index (χ4v) is 4.32. The summed E-state index contributed by atoms with van der Waals surface area (Å²) in [4.78, 5) is 27.6. The van der Waals surface area contributed by atoms with Crippen molar-refractivity contribution < 1.29 is 28.5 Å². The van der Waals surface area contributed by atoms with E-state index in [1.807, 2.05) is 24.3 Å². The van der Waals surface area contributed by atoms with Gasteiger partial charge in [0.25, 0.3) is 0 Å². The minimum absolute atomic E-state index is 0.245. The van der Waals surface area contributed by atoms with E-state index in [-0.39, 0.29) is 12.6 Å². The topological polar surface area (TPSA) is 98.4 Å². The Morgan fingerprint density at radius 3 is 2.68 bits per heavy atom. The Balaban J connectivity index is 1.60. The minimum atomic E-state index is -0.629. The van der Waals surface area contributed by atoms with Crippen molar-refractivity contribution in [2.75, 3.05) is 46.6 Å². The lowest BCUT2D eigenvalue weighted by atomic mass is 9.94. The summed E-state index contributed by atoms with van der Waals surface area (Å²) in [6, 6.07) is 6.33. The van der Waals surface area contributed by atoms with Crippen LogP contribution in [-0.4, -0.2) is 69.3 Å². The smallest absolute Gasteiger partial charge is 0.338 e. The predicted octanol–water partition coefficient (Wildman–Crippen LogP) is 1.71. The largest absolute Gasteiger partial charge is 0.497 e. The molecule has 2 fully saturated rings. The van der Waals surface area contributed by atoms with Gasteiger partial charge in [0, 0.05) is 38.2 Å². The lowest BCUT2D eigenvalue weighted by Gasteiger charge is -2.39. The molecule has 2 N–H and O–H groups in total. The number of nitrogens with one attached hydrogen (secondary N) is 2. The maximum atomic E-state index is 12.9. The molecule has 3 heterocycles. The number of amides is 2.